The van der Waals surface area contributed by atoms with Crippen molar-refractivity contribution in [3.63, 3.8) is 0 Å². The number of hydrogen-bond donors (Lipinski definition) is 2. The lowest BCUT2D eigenvalue weighted by Crippen LogP contribution is -2.29. The van der Waals surface area contributed by atoms with Crippen LogP contribution < -0.4 is 10.6 Å². The number of aryl methyl sites for hydroxylation is 1. The number of carbonyl (C=O) groups is 2. The Morgan fingerprint density at radius 2 is 1.76 bits per heavy atom. The number of rotatable bonds is 7. The van der Waals surface area contributed by atoms with Crippen LogP contribution in [0.3, 0.4) is 0 Å². The molecule has 1 aromatic carbocycles. The van der Waals surface area contributed by atoms with E-state index in [1.807, 2.05) is 6.92 Å². The number of furan rings is 1. The van der Waals surface area contributed by atoms with Crippen molar-refractivity contribution in [2.45, 2.75) is 13.3 Å². The molecule has 0 radical (unpaired) electrons. The molecule has 2 heterocycles. The van der Waals surface area contributed by atoms with Gasteiger partial charge in [0.1, 0.15) is 5.76 Å². The zero-order chi connectivity index (χ0) is 20.8. The second kappa shape index (κ2) is 9.58. The van der Waals surface area contributed by atoms with E-state index in [9.17, 15) is 9.59 Å². The molecule has 0 unspecified atom stereocenters. The molecular weight excluding hydrogens is 413 g/mol. The van der Waals surface area contributed by atoms with Gasteiger partial charge in [0.15, 0.2) is 5.76 Å². The summed E-state index contributed by atoms with van der Waals surface area (Å²) in [6.45, 7) is 2.67. The fraction of sp³-hybridized carbons (Fsp3) is 0.190. The minimum Gasteiger partial charge on any atom is -0.451 e. The van der Waals surface area contributed by atoms with E-state index in [1.54, 1.807) is 42.5 Å². The summed E-state index contributed by atoms with van der Waals surface area (Å²) >= 11 is 12.2. The zero-order valence-electron chi connectivity index (χ0n) is 15.7. The molecule has 2 N–H and O–H groups in total. The first-order valence-corrected chi connectivity index (χ1v) is 9.74. The van der Waals surface area contributed by atoms with Crippen molar-refractivity contribution in [3.8, 4) is 11.3 Å². The average molecular weight is 432 g/mol. The van der Waals surface area contributed by atoms with E-state index in [0.717, 1.165) is 5.69 Å². The molecule has 0 aliphatic heterocycles. The van der Waals surface area contributed by atoms with Crippen molar-refractivity contribution in [2.24, 2.45) is 0 Å². The van der Waals surface area contributed by atoms with Gasteiger partial charge in [0, 0.05) is 30.5 Å². The predicted octanol–water partition coefficient (Wildman–Crippen LogP) is 4.51. The Kier molecular flexibility index (Phi) is 6.90. The number of halogens is 2. The molecule has 3 rings (SSSR count). The van der Waals surface area contributed by atoms with E-state index in [1.165, 1.54) is 6.20 Å². The molecule has 2 aromatic heterocycles. The molecule has 3 aromatic rings. The summed E-state index contributed by atoms with van der Waals surface area (Å²) in [5, 5.41) is 6.33. The molecule has 29 heavy (non-hydrogen) atoms. The Morgan fingerprint density at radius 3 is 2.48 bits per heavy atom. The number of amides is 2. The molecule has 0 aliphatic carbocycles. The molecule has 0 bridgehead atoms. The Balaban J connectivity index is 1.45. The van der Waals surface area contributed by atoms with Gasteiger partial charge in [0.05, 0.1) is 15.6 Å². The molecule has 8 heteroatoms. The van der Waals surface area contributed by atoms with Crippen LogP contribution in [0.2, 0.25) is 10.0 Å². The van der Waals surface area contributed by atoms with Crippen molar-refractivity contribution in [1.29, 1.82) is 0 Å². The van der Waals surface area contributed by atoms with Crippen LogP contribution in [0, 0.1) is 6.92 Å². The highest BCUT2D eigenvalue weighted by Crippen LogP contribution is 2.34. The highest BCUT2D eigenvalue weighted by atomic mass is 35.5. The van der Waals surface area contributed by atoms with Crippen molar-refractivity contribution in [3.05, 3.63) is 75.7 Å². The predicted molar refractivity (Wildman–Crippen MR) is 112 cm³/mol. The lowest BCUT2D eigenvalue weighted by Gasteiger charge is -2.06. The van der Waals surface area contributed by atoms with Gasteiger partial charge in [0.25, 0.3) is 11.8 Å². The minimum absolute atomic E-state index is 0.172. The monoisotopic (exact) mass is 431 g/mol. The molecular formula is C21H19Cl2N3O3. The van der Waals surface area contributed by atoms with Crippen LogP contribution in [-0.2, 0) is 0 Å². The number of carbonyl (C=O) groups excluding carboxylic acids is 2. The van der Waals surface area contributed by atoms with Gasteiger partial charge in [-0.2, -0.15) is 0 Å². The van der Waals surface area contributed by atoms with Crippen LogP contribution in [0.15, 0.2) is 53.1 Å². The van der Waals surface area contributed by atoms with Gasteiger partial charge in [-0.05, 0) is 49.7 Å². The van der Waals surface area contributed by atoms with Crippen molar-refractivity contribution in [1.82, 2.24) is 15.6 Å². The lowest BCUT2D eigenvalue weighted by molar-refractivity contribution is 0.0926. The molecule has 150 valence electrons. The second-order valence-electron chi connectivity index (χ2n) is 6.32. The van der Waals surface area contributed by atoms with E-state index < -0.39 is 0 Å². The van der Waals surface area contributed by atoms with Crippen LogP contribution in [0.25, 0.3) is 11.3 Å². The highest BCUT2D eigenvalue weighted by Gasteiger charge is 2.15. The zero-order valence-corrected chi connectivity index (χ0v) is 17.2. The van der Waals surface area contributed by atoms with Gasteiger partial charge in [0.2, 0.25) is 0 Å². The van der Waals surface area contributed by atoms with Crippen LogP contribution in [-0.4, -0.2) is 29.9 Å². The fourth-order valence-electron chi connectivity index (χ4n) is 2.58. The van der Waals surface area contributed by atoms with Crippen LogP contribution >= 0.6 is 23.2 Å². The van der Waals surface area contributed by atoms with Gasteiger partial charge in [-0.3, -0.25) is 14.6 Å². The molecule has 0 aliphatic rings. The van der Waals surface area contributed by atoms with Gasteiger partial charge in [-0.25, -0.2) is 0 Å². The standard InChI is InChI=1S/C21H19Cl2N3O3/c1-13-6-7-14(12-26-13)20(27)24-10-3-11-25-21(28)18-9-8-17(29-18)15-4-2-5-16(22)19(15)23/h2,4-9,12H,3,10-11H2,1H3,(H,24,27)(H,25,28). The summed E-state index contributed by atoms with van der Waals surface area (Å²) < 4.78 is 5.60. The number of nitrogens with one attached hydrogen (secondary N) is 2. The molecule has 6 nitrogen and oxygen atoms in total. The maximum atomic E-state index is 12.2. The minimum atomic E-state index is -0.344. The van der Waals surface area contributed by atoms with Crippen molar-refractivity contribution in [2.75, 3.05) is 13.1 Å². The Bertz CT molecular complexity index is 1020. The summed E-state index contributed by atoms with van der Waals surface area (Å²) in [5.41, 5.74) is 1.97. The van der Waals surface area contributed by atoms with E-state index in [0.29, 0.717) is 46.4 Å². The van der Waals surface area contributed by atoms with Crippen LogP contribution in [0.4, 0.5) is 0 Å². The highest BCUT2D eigenvalue weighted by molar-refractivity contribution is 6.43. The maximum Gasteiger partial charge on any atom is 0.287 e. The summed E-state index contributed by atoms with van der Waals surface area (Å²) in [4.78, 5) is 28.3. The maximum absolute atomic E-state index is 12.2. The molecule has 2 amide bonds. The number of nitrogens with zero attached hydrogens (tertiary/aromatic N) is 1. The molecule has 0 fully saturated rings. The number of aromatic nitrogens is 1. The summed E-state index contributed by atoms with van der Waals surface area (Å²) in [6.07, 6.45) is 2.11. The third kappa shape index (κ3) is 5.37. The van der Waals surface area contributed by atoms with E-state index >= 15 is 0 Å². The molecule has 0 atom stereocenters. The van der Waals surface area contributed by atoms with Gasteiger partial charge in [-0.1, -0.05) is 29.3 Å². The van der Waals surface area contributed by atoms with Crippen LogP contribution in [0.5, 0.6) is 0 Å². The lowest BCUT2D eigenvalue weighted by atomic mass is 10.2. The van der Waals surface area contributed by atoms with Gasteiger partial charge >= 0.3 is 0 Å². The Labute approximate surface area is 178 Å². The third-order valence-electron chi connectivity index (χ3n) is 4.15. The normalized spacial score (nSPS) is 10.6. The third-order valence-corrected chi connectivity index (χ3v) is 4.96. The quantitative estimate of drug-likeness (QED) is 0.539. The van der Waals surface area contributed by atoms with E-state index in [4.69, 9.17) is 27.6 Å². The number of pyridine rings is 1. The van der Waals surface area contributed by atoms with Crippen molar-refractivity contribution >= 4 is 35.0 Å². The smallest absolute Gasteiger partial charge is 0.287 e. The van der Waals surface area contributed by atoms with E-state index in [-0.39, 0.29) is 17.6 Å². The average Bonchev–Trinajstić information content (AvgIpc) is 3.20. The number of hydrogen-bond acceptors (Lipinski definition) is 4. The van der Waals surface area contributed by atoms with Crippen molar-refractivity contribution < 1.29 is 14.0 Å². The first kappa shape index (κ1) is 20.9. The number of benzene rings is 1. The topological polar surface area (TPSA) is 84.2 Å². The largest absolute Gasteiger partial charge is 0.451 e. The fourth-order valence-corrected chi connectivity index (χ4v) is 2.98. The second-order valence-corrected chi connectivity index (χ2v) is 7.10. The molecule has 0 spiro atoms. The molecule has 0 saturated heterocycles. The summed E-state index contributed by atoms with van der Waals surface area (Å²) in [6, 6.07) is 12.0. The summed E-state index contributed by atoms with van der Waals surface area (Å²) in [5.74, 6) is 0.0915. The first-order chi connectivity index (χ1) is 14.0. The van der Waals surface area contributed by atoms with Gasteiger partial charge in [-0.15, -0.1) is 0 Å². The SMILES string of the molecule is Cc1ccc(C(=O)NCCCNC(=O)c2ccc(-c3cccc(Cl)c3Cl)o2)cn1. The Hall–Kier alpha value is -2.83. The van der Waals surface area contributed by atoms with E-state index in [2.05, 4.69) is 15.6 Å². The van der Waals surface area contributed by atoms with Crippen LogP contribution in [0.1, 0.15) is 33.0 Å². The first-order valence-electron chi connectivity index (χ1n) is 8.99. The summed E-state index contributed by atoms with van der Waals surface area (Å²) in [7, 11) is 0. The Morgan fingerprint density at radius 1 is 1.00 bits per heavy atom. The van der Waals surface area contributed by atoms with Gasteiger partial charge < -0.3 is 15.1 Å². The molecule has 0 saturated carbocycles.